The van der Waals surface area contributed by atoms with Crippen LogP contribution in [0.1, 0.15) is 16.1 Å². The number of rotatable bonds is 2. The standard InChI is InChI=1S/C9H6Br2N2OS/c1-13-7(6(10)4-12-13)8(14)5-2-3-15-9(5)11/h2-4H,1H3. The molecule has 6 heteroatoms. The van der Waals surface area contributed by atoms with Crippen LogP contribution in [0.4, 0.5) is 0 Å². The molecule has 0 saturated heterocycles. The highest BCUT2D eigenvalue weighted by Gasteiger charge is 2.19. The summed E-state index contributed by atoms with van der Waals surface area (Å²) in [5.74, 6) is -0.0324. The van der Waals surface area contributed by atoms with Crippen molar-refractivity contribution in [1.29, 1.82) is 0 Å². The van der Waals surface area contributed by atoms with Crippen molar-refractivity contribution in [3.05, 3.63) is 37.2 Å². The van der Waals surface area contributed by atoms with Crippen molar-refractivity contribution < 1.29 is 4.79 Å². The lowest BCUT2D eigenvalue weighted by Crippen LogP contribution is -2.08. The zero-order valence-corrected chi connectivity index (χ0v) is 11.7. The third kappa shape index (κ3) is 1.93. The highest BCUT2D eigenvalue weighted by Crippen LogP contribution is 2.27. The lowest BCUT2D eigenvalue weighted by Gasteiger charge is -2.00. The Morgan fingerprint density at radius 2 is 2.27 bits per heavy atom. The molecule has 0 fully saturated rings. The molecule has 0 aliphatic rings. The lowest BCUT2D eigenvalue weighted by molar-refractivity contribution is 0.102. The molecule has 0 radical (unpaired) electrons. The predicted molar refractivity (Wildman–Crippen MR) is 66.4 cm³/mol. The van der Waals surface area contributed by atoms with Crippen molar-refractivity contribution in [1.82, 2.24) is 9.78 Å². The summed E-state index contributed by atoms with van der Waals surface area (Å²) in [5, 5.41) is 5.89. The van der Waals surface area contributed by atoms with Crippen LogP contribution in [-0.2, 0) is 7.05 Å². The Labute approximate surface area is 107 Å². The molecule has 0 aliphatic carbocycles. The number of aryl methyl sites for hydroxylation is 1. The maximum atomic E-state index is 12.1. The SMILES string of the molecule is Cn1ncc(Br)c1C(=O)c1ccsc1Br. The minimum absolute atomic E-state index is 0.0324. The molecule has 0 spiro atoms. The van der Waals surface area contributed by atoms with Crippen LogP contribution in [-0.4, -0.2) is 15.6 Å². The van der Waals surface area contributed by atoms with Gasteiger partial charge in [-0.2, -0.15) is 5.10 Å². The number of halogens is 2. The molecule has 2 rings (SSSR count). The number of ketones is 1. The van der Waals surface area contributed by atoms with Crippen molar-refractivity contribution in [2.24, 2.45) is 7.05 Å². The lowest BCUT2D eigenvalue weighted by atomic mass is 10.2. The minimum Gasteiger partial charge on any atom is -0.287 e. The van der Waals surface area contributed by atoms with E-state index in [-0.39, 0.29) is 5.78 Å². The molecule has 78 valence electrons. The van der Waals surface area contributed by atoms with E-state index in [2.05, 4.69) is 37.0 Å². The second-order valence-corrected chi connectivity index (χ2v) is 5.99. The highest BCUT2D eigenvalue weighted by molar-refractivity contribution is 9.11. The summed E-state index contributed by atoms with van der Waals surface area (Å²) >= 11 is 8.16. The molecular formula is C9H6Br2N2OS. The summed E-state index contributed by atoms with van der Waals surface area (Å²) in [6.45, 7) is 0. The number of thiophene rings is 1. The van der Waals surface area contributed by atoms with Gasteiger partial charge in [0.05, 0.1) is 14.5 Å². The fourth-order valence-corrected chi connectivity index (χ4v) is 3.02. The van der Waals surface area contributed by atoms with Crippen LogP contribution in [0, 0.1) is 0 Å². The first kappa shape index (κ1) is 11.0. The summed E-state index contributed by atoms with van der Waals surface area (Å²) in [5.41, 5.74) is 1.23. The largest absolute Gasteiger partial charge is 0.287 e. The van der Waals surface area contributed by atoms with Gasteiger partial charge in [0.15, 0.2) is 0 Å². The van der Waals surface area contributed by atoms with E-state index in [0.29, 0.717) is 15.7 Å². The summed E-state index contributed by atoms with van der Waals surface area (Å²) in [4.78, 5) is 12.1. The van der Waals surface area contributed by atoms with E-state index in [1.807, 2.05) is 5.38 Å². The average Bonchev–Trinajstić information content (AvgIpc) is 2.73. The van der Waals surface area contributed by atoms with Crippen LogP contribution in [0.25, 0.3) is 0 Å². The number of hydrogen-bond acceptors (Lipinski definition) is 3. The maximum absolute atomic E-state index is 12.1. The van der Waals surface area contributed by atoms with E-state index >= 15 is 0 Å². The summed E-state index contributed by atoms with van der Waals surface area (Å²) < 4.78 is 3.13. The van der Waals surface area contributed by atoms with Crippen LogP contribution in [0.2, 0.25) is 0 Å². The summed E-state index contributed by atoms with van der Waals surface area (Å²) in [6.07, 6.45) is 1.62. The molecule has 0 aromatic carbocycles. The van der Waals surface area contributed by atoms with Gasteiger partial charge in [0.2, 0.25) is 5.78 Å². The van der Waals surface area contributed by atoms with Gasteiger partial charge in [-0.3, -0.25) is 9.48 Å². The number of hydrogen-bond donors (Lipinski definition) is 0. The predicted octanol–water partition coefficient (Wildman–Crippen LogP) is 3.24. The van der Waals surface area contributed by atoms with Gasteiger partial charge in [-0.25, -0.2) is 0 Å². The van der Waals surface area contributed by atoms with Crippen molar-refractivity contribution >= 4 is 49.0 Å². The van der Waals surface area contributed by atoms with Gasteiger partial charge in [-0.1, -0.05) is 0 Å². The molecule has 15 heavy (non-hydrogen) atoms. The van der Waals surface area contributed by atoms with E-state index in [0.717, 1.165) is 3.79 Å². The summed E-state index contributed by atoms with van der Waals surface area (Å²) in [7, 11) is 1.75. The minimum atomic E-state index is -0.0324. The molecule has 0 bridgehead atoms. The number of carbonyl (C=O) groups is 1. The van der Waals surface area contributed by atoms with Crippen molar-refractivity contribution in [3.8, 4) is 0 Å². The van der Waals surface area contributed by atoms with Crippen LogP contribution in [0.3, 0.4) is 0 Å². The molecule has 0 N–H and O–H groups in total. The Morgan fingerprint density at radius 1 is 1.53 bits per heavy atom. The molecule has 0 unspecified atom stereocenters. The first-order chi connectivity index (χ1) is 7.11. The maximum Gasteiger partial charge on any atom is 0.214 e. The van der Waals surface area contributed by atoms with Crippen LogP contribution < -0.4 is 0 Å². The molecule has 0 atom stereocenters. The van der Waals surface area contributed by atoms with Gasteiger partial charge in [-0.15, -0.1) is 11.3 Å². The molecule has 0 amide bonds. The van der Waals surface area contributed by atoms with Gasteiger partial charge in [-0.05, 0) is 43.3 Å². The Balaban J connectivity index is 2.50. The molecule has 2 aromatic rings. The second-order valence-electron chi connectivity index (χ2n) is 2.90. The van der Waals surface area contributed by atoms with Crippen molar-refractivity contribution in [3.63, 3.8) is 0 Å². The summed E-state index contributed by atoms with van der Waals surface area (Å²) in [6, 6.07) is 1.80. The zero-order valence-electron chi connectivity index (χ0n) is 7.70. The molecule has 3 nitrogen and oxygen atoms in total. The molecule has 2 aromatic heterocycles. The Bertz CT molecular complexity index is 498. The van der Waals surface area contributed by atoms with Crippen LogP contribution in [0.5, 0.6) is 0 Å². The first-order valence-electron chi connectivity index (χ1n) is 4.06. The fourth-order valence-electron chi connectivity index (χ4n) is 1.25. The van der Waals surface area contributed by atoms with Gasteiger partial charge < -0.3 is 0 Å². The van der Waals surface area contributed by atoms with Crippen LogP contribution >= 0.6 is 43.2 Å². The molecule has 0 saturated carbocycles. The van der Waals surface area contributed by atoms with E-state index in [1.165, 1.54) is 11.3 Å². The van der Waals surface area contributed by atoms with Gasteiger partial charge >= 0.3 is 0 Å². The number of aromatic nitrogens is 2. The van der Waals surface area contributed by atoms with Crippen LogP contribution in [0.15, 0.2) is 25.9 Å². The van der Waals surface area contributed by atoms with Gasteiger partial charge in [0, 0.05) is 12.6 Å². The van der Waals surface area contributed by atoms with Crippen molar-refractivity contribution in [2.45, 2.75) is 0 Å². The van der Waals surface area contributed by atoms with Gasteiger partial charge in [0.1, 0.15) is 5.69 Å². The Morgan fingerprint density at radius 3 is 2.73 bits per heavy atom. The number of nitrogens with zero attached hydrogens (tertiary/aromatic N) is 2. The van der Waals surface area contributed by atoms with E-state index in [4.69, 9.17) is 0 Å². The van der Waals surface area contributed by atoms with E-state index < -0.39 is 0 Å². The number of carbonyl (C=O) groups excluding carboxylic acids is 1. The Kier molecular flexibility index (Phi) is 3.08. The van der Waals surface area contributed by atoms with Gasteiger partial charge in [0.25, 0.3) is 0 Å². The van der Waals surface area contributed by atoms with Crippen molar-refractivity contribution in [2.75, 3.05) is 0 Å². The highest BCUT2D eigenvalue weighted by atomic mass is 79.9. The third-order valence-electron chi connectivity index (χ3n) is 1.97. The molecule has 2 heterocycles. The second kappa shape index (κ2) is 4.19. The normalized spacial score (nSPS) is 10.6. The molecular weight excluding hydrogens is 344 g/mol. The fraction of sp³-hybridized carbons (Fsp3) is 0.111. The third-order valence-corrected chi connectivity index (χ3v) is 4.24. The Hall–Kier alpha value is -0.460. The van der Waals surface area contributed by atoms with E-state index in [9.17, 15) is 4.79 Å². The molecule has 0 aliphatic heterocycles. The topological polar surface area (TPSA) is 34.9 Å². The zero-order chi connectivity index (χ0) is 11.0. The smallest absolute Gasteiger partial charge is 0.214 e. The first-order valence-corrected chi connectivity index (χ1v) is 6.53. The quantitative estimate of drug-likeness (QED) is 0.780. The van der Waals surface area contributed by atoms with E-state index in [1.54, 1.807) is 24.0 Å². The average molecular weight is 350 g/mol. The monoisotopic (exact) mass is 348 g/mol.